The molecule has 0 atom stereocenters. The number of rotatable bonds is 6. The number of anilines is 1. The smallest absolute Gasteiger partial charge is 0.312 e. The number of carbonyl (C=O) groups is 3. The van der Waals surface area contributed by atoms with E-state index in [0.29, 0.717) is 19.6 Å². The molecule has 0 bridgehead atoms. The van der Waals surface area contributed by atoms with Crippen molar-refractivity contribution in [1.29, 1.82) is 0 Å². The number of nitrogens with zero attached hydrogens (tertiary/aromatic N) is 2. The maximum Gasteiger partial charge on any atom is 0.312 e. The van der Waals surface area contributed by atoms with Gasteiger partial charge in [-0.05, 0) is 23.6 Å². The van der Waals surface area contributed by atoms with Gasteiger partial charge in [0.25, 0.3) is 0 Å². The van der Waals surface area contributed by atoms with E-state index >= 15 is 0 Å². The molecule has 2 aromatic carbocycles. The summed E-state index contributed by atoms with van der Waals surface area (Å²) in [5, 5.41) is 2.84. The number of hydrogen-bond acceptors (Lipinski definition) is 3. The molecule has 6 nitrogen and oxygen atoms in total. The van der Waals surface area contributed by atoms with Gasteiger partial charge in [-0.25, -0.2) is 0 Å². The first-order chi connectivity index (χ1) is 13.1. The van der Waals surface area contributed by atoms with Crippen LogP contribution >= 0.6 is 0 Å². The highest BCUT2D eigenvalue weighted by Gasteiger charge is 2.33. The van der Waals surface area contributed by atoms with Gasteiger partial charge in [-0.2, -0.15) is 0 Å². The maximum absolute atomic E-state index is 12.4. The van der Waals surface area contributed by atoms with Crippen LogP contribution < -0.4 is 5.32 Å². The van der Waals surface area contributed by atoms with Gasteiger partial charge in [0.1, 0.15) is 6.54 Å². The number of piperazine rings is 1. The van der Waals surface area contributed by atoms with Crippen LogP contribution in [-0.4, -0.2) is 47.2 Å². The number of aryl methyl sites for hydroxylation is 1. The van der Waals surface area contributed by atoms with E-state index in [0.717, 1.165) is 23.2 Å². The van der Waals surface area contributed by atoms with Crippen LogP contribution in [0.1, 0.15) is 18.1 Å². The summed E-state index contributed by atoms with van der Waals surface area (Å²) in [6, 6.07) is 17.1. The lowest BCUT2D eigenvalue weighted by Crippen LogP contribution is -2.55. The van der Waals surface area contributed by atoms with Crippen LogP contribution in [0.3, 0.4) is 0 Å². The first kappa shape index (κ1) is 18.6. The first-order valence-electron chi connectivity index (χ1n) is 9.08. The molecular weight excluding hydrogens is 342 g/mol. The van der Waals surface area contributed by atoms with E-state index in [1.807, 2.05) is 61.5 Å². The van der Waals surface area contributed by atoms with Gasteiger partial charge in [0.2, 0.25) is 5.91 Å². The minimum atomic E-state index is -0.629. The van der Waals surface area contributed by atoms with E-state index in [1.165, 1.54) is 9.80 Å². The molecule has 0 spiro atoms. The minimum Gasteiger partial charge on any atom is -0.328 e. The molecule has 0 aliphatic carbocycles. The fourth-order valence-electron chi connectivity index (χ4n) is 3.13. The van der Waals surface area contributed by atoms with E-state index < -0.39 is 11.8 Å². The molecule has 1 aliphatic heterocycles. The zero-order chi connectivity index (χ0) is 19.2. The summed E-state index contributed by atoms with van der Waals surface area (Å²) in [6.07, 6.45) is 0.798. The Morgan fingerprint density at radius 2 is 1.56 bits per heavy atom. The lowest BCUT2D eigenvalue weighted by atomic mass is 10.1. The van der Waals surface area contributed by atoms with Crippen LogP contribution in [-0.2, 0) is 27.3 Å². The van der Waals surface area contributed by atoms with Crippen LogP contribution in [0.2, 0.25) is 0 Å². The molecule has 2 aromatic rings. The monoisotopic (exact) mass is 365 g/mol. The zero-order valence-corrected chi connectivity index (χ0v) is 15.4. The molecule has 1 aliphatic rings. The summed E-state index contributed by atoms with van der Waals surface area (Å²) in [4.78, 5) is 40.0. The van der Waals surface area contributed by atoms with Crippen LogP contribution in [0.5, 0.6) is 0 Å². The van der Waals surface area contributed by atoms with Gasteiger partial charge in [0.15, 0.2) is 0 Å². The molecule has 1 fully saturated rings. The summed E-state index contributed by atoms with van der Waals surface area (Å²) in [7, 11) is 0. The zero-order valence-electron chi connectivity index (χ0n) is 15.4. The Morgan fingerprint density at radius 1 is 0.926 bits per heavy atom. The average Bonchev–Trinajstić information content (AvgIpc) is 2.69. The molecule has 27 heavy (non-hydrogen) atoms. The third-order valence-corrected chi connectivity index (χ3v) is 4.62. The molecule has 1 N–H and O–H groups in total. The van der Waals surface area contributed by atoms with Crippen molar-refractivity contribution in [3.8, 4) is 0 Å². The van der Waals surface area contributed by atoms with E-state index in [2.05, 4.69) is 5.32 Å². The Kier molecular flexibility index (Phi) is 5.86. The third-order valence-electron chi connectivity index (χ3n) is 4.62. The van der Waals surface area contributed by atoms with E-state index in [-0.39, 0.29) is 12.5 Å². The van der Waals surface area contributed by atoms with Crippen molar-refractivity contribution in [2.75, 3.05) is 25.0 Å². The van der Waals surface area contributed by atoms with Crippen molar-refractivity contribution in [3.63, 3.8) is 0 Å². The molecule has 3 rings (SSSR count). The van der Waals surface area contributed by atoms with Crippen LogP contribution in [0.15, 0.2) is 54.6 Å². The Bertz CT molecular complexity index is 836. The molecule has 0 saturated carbocycles. The van der Waals surface area contributed by atoms with E-state index in [1.54, 1.807) is 0 Å². The van der Waals surface area contributed by atoms with E-state index in [9.17, 15) is 14.4 Å². The largest absolute Gasteiger partial charge is 0.328 e. The van der Waals surface area contributed by atoms with Crippen molar-refractivity contribution in [2.45, 2.75) is 19.9 Å². The second-order valence-electron chi connectivity index (χ2n) is 6.50. The molecule has 0 radical (unpaired) electrons. The van der Waals surface area contributed by atoms with Gasteiger partial charge >= 0.3 is 11.8 Å². The summed E-state index contributed by atoms with van der Waals surface area (Å²) >= 11 is 0. The number of benzene rings is 2. The van der Waals surface area contributed by atoms with Crippen molar-refractivity contribution in [1.82, 2.24) is 9.80 Å². The van der Waals surface area contributed by atoms with Crippen molar-refractivity contribution in [3.05, 3.63) is 65.7 Å². The third kappa shape index (κ3) is 4.53. The highest BCUT2D eigenvalue weighted by molar-refractivity contribution is 6.35. The van der Waals surface area contributed by atoms with Gasteiger partial charge < -0.3 is 15.1 Å². The van der Waals surface area contributed by atoms with Crippen molar-refractivity contribution >= 4 is 23.4 Å². The van der Waals surface area contributed by atoms with E-state index in [4.69, 9.17) is 0 Å². The second-order valence-corrected chi connectivity index (χ2v) is 6.50. The Hall–Kier alpha value is -3.15. The fraction of sp³-hybridized carbons (Fsp3) is 0.286. The lowest BCUT2D eigenvalue weighted by Gasteiger charge is -2.33. The van der Waals surface area contributed by atoms with Gasteiger partial charge in [-0.1, -0.05) is 55.5 Å². The topological polar surface area (TPSA) is 69.7 Å². The molecule has 6 heteroatoms. The molecule has 1 heterocycles. The molecule has 0 aromatic heterocycles. The summed E-state index contributed by atoms with van der Waals surface area (Å²) in [6.45, 7) is 3.05. The predicted molar refractivity (Wildman–Crippen MR) is 103 cm³/mol. The lowest BCUT2D eigenvalue weighted by molar-refractivity contribution is -0.157. The molecule has 0 unspecified atom stereocenters. The molecule has 140 valence electrons. The summed E-state index contributed by atoms with van der Waals surface area (Å²) in [5.74, 6) is -1.49. The normalized spacial score (nSPS) is 14.4. The number of hydrogen-bond donors (Lipinski definition) is 1. The Balaban J connectivity index is 1.58. The minimum absolute atomic E-state index is 0.123. The Morgan fingerprint density at radius 3 is 2.30 bits per heavy atom. The number of carbonyl (C=O) groups excluding carboxylic acids is 3. The molecular formula is C21H23N3O3. The number of para-hydroxylation sites is 1. The quantitative estimate of drug-likeness (QED) is 0.797. The molecule has 3 amide bonds. The number of nitrogens with one attached hydrogen (secondary N) is 1. The maximum atomic E-state index is 12.4. The van der Waals surface area contributed by atoms with Gasteiger partial charge in [-0.3, -0.25) is 14.4 Å². The van der Waals surface area contributed by atoms with Crippen LogP contribution in [0, 0.1) is 0 Å². The fourth-order valence-corrected chi connectivity index (χ4v) is 3.13. The summed E-state index contributed by atoms with van der Waals surface area (Å²) < 4.78 is 0. The van der Waals surface area contributed by atoms with Crippen molar-refractivity contribution in [2.24, 2.45) is 0 Å². The van der Waals surface area contributed by atoms with Crippen LogP contribution in [0.4, 0.5) is 5.69 Å². The van der Waals surface area contributed by atoms with Gasteiger partial charge in [0.05, 0.1) is 0 Å². The average molecular weight is 365 g/mol. The van der Waals surface area contributed by atoms with Gasteiger partial charge in [-0.15, -0.1) is 0 Å². The first-order valence-corrected chi connectivity index (χ1v) is 9.08. The highest BCUT2D eigenvalue weighted by Crippen LogP contribution is 2.16. The molecule has 1 saturated heterocycles. The SMILES string of the molecule is CCc1ccccc1NC(=O)CN1CCN(Cc2ccccc2)C(=O)C1=O. The Labute approximate surface area is 158 Å². The van der Waals surface area contributed by atoms with Gasteiger partial charge in [0, 0.05) is 25.3 Å². The standard InChI is InChI=1S/C21H23N3O3/c1-2-17-10-6-7-11-18(17)22-19(25)15-24-13-12-23(20(26)21(24)27)14-16-8-4-3-5-9-16/h3-11H,2,12-15H2,1H3,(H,22,25). The second kappa shape index (κ2) is 8.49. The predicted octanol–water partition coefficient (Wildman–Crippen LogP) is 2.06. The van der Waals surface area contributed by atoms with Crippen LogP contribution in [0.25, 0.3) is 0 Å². The summed E-state index contributed by atoms with van der Waals surface area (Å²) in [5.41, 5.74) is 2.74. The highest BCUT2D eigenvalue weighted by atomic mass is 16.2. The van der Waals surface area contributed by atoms with Crippen molar-refractivity contribution < 1.29 is 14.4 Å². The number of amides is 3.